The smallest absolute Gasteiger partial charge is 0.203 e. The molecule has 0 radical (unpaired) electrons. The summed E-state index contributed by atoms with van der Waals surface area (Å²) >= 11 is 0. The van der Waals surface area contributed by atoms with Crippen molar-refractivity contribution in [2.45, 2.75) is 19.5 Å². The van der Waals surface area contributed by atoms with Crippen LogP contribution in [0.4, 0.5) is 0 Å². The van der Waals surface area contributed by atoms with Gasteiger partial charge in [-0.25, -0.2) is 0 Å². The van der Waals surface area contributed by atoms with E-state index in [1.165, 1.54) is 0 Å². The maximum absolute atomic E-state index is 8.83. The summed E-state index contributed by atoms with van der Waals surface area (Å²) in [5.74, 6) is 2.24. The molecule has 0 bridgehead atoms. The molecule has 1 unspecified atom stereocenters. The summed E-state index contributed by atoms with van der Waals surface area (Å²) in [6.45, 7) is 2.73. The predicted octanol–water partition coefficient (Wildman–Crippen LogP) is 2.38. The first kappa shape index (κ1) is 16.9. The van der Waals surface area contributed by atoms with Gasteiger partial charge < -0.3 is 24.3 Å². The molecule has 0 amide bonds. The number of ether oxygens (including phenoxy) is 2. The number of aliphatic hydroxyl groups excluding tert-OH is 1. The van der Waals surface area contributed by atoms with Gasteiger partial charge in [-0.1, -0.05) is 6.07 Å². The Bertz CT molecular complexity index is 675. The minimum Gasteiger partial charge on any atom is -0.493 e. The van der Waals surface area contributed by atoms with E-state index in [4.69, 9.17) is 24.3 Å². The molecule has 0 saturated carbocycles. The molecule has 23 heavy (non-hydrogen) atoms. The zero-order chi connectivity index (χ0) is 16.7. The Kier molecular flexibility index (Phi) is 6.03. The maximum atomic E-state index is 8.83. The van der Waals surface area contributed by atoms with E-state index in [0.717, 1.165) is 5.56 Å². The summed E-state index contributed by atoms with van der Waals surface area (Å²) in [4.78, 5) is 0. The van der Waals surface area contributed by atoms with E-state index < -0.39 is 0 Å². The van der Waals surface area contributed by atoms with Crippen molar-refractivity contribution in [3.05, 3.63) is 47.4 Å². The number of nitrogens with one attached hydrogen (secondary N) is 1. The number of hydrogen-bond donors (Lipinski definition) is 2. The zero-order valence-electron chi connectivity index (χ0n) is 13.2. The molecule has 0 spiro atoms. The molecule has 0 aliphatic rings. The van der Waals surface area contributed by atoms with E-state index in [9.17, 15) is 0 Å². The number of nitriles is 1. The number of rotatable bonds is 8. The lowest BCUT2D eigenvalue weighted by atomic mass is 10.1. The van der Waals surface area contributed by atoms with Crippen molar-refractivity contribution < 1.29 is 19.0 Å². The van der Waals surface area contributed by atoms with Crippen molar-refractivity contribution >= 4 is 0 Å². The Morgan fingerprint density at radius 2 is 2.13 bits per heavy atom. The zero-order valence-corrected chi connectivity index (χ0v) is 13.2. The lowest BCUT2D eigenvalue weighted by Crippen LogP contribution is -2.17. The van der Waals surface area contributed by atoms with Crippen molar-refractivity contribution in [2.24, 2.45) is 0 Å². The van der Waals surface area contributed by atoms with Crippen molar-refractivity contribution in [3.63, 3.8) is 0 Å². The Morgan fingerprint density at radius 3 is 2.78 bits per heavy atom. The molecule has 0 aliphatic heterocycles. The fourth-order valence-corrected chi connectivity index (χ4v) is 2.13. The predicted molar refractivity (Wildman–Crippen MR) is 84.3 cm³/mol. The van der Waals surface area contributed by atoms with Gasteiger partial charge in [0.25, 0.3) is 0 Å². The first-order valence-electron chi connectivity index (χ1n) is 7.31. The maximum Gasteiger partial charge on any atom is 0.203 e. The number of hydrogen-bond acceptors (Lipinski definition) is 6. The normalized spacial score (nSPS) is 11.7. The molecule has 1 heterocycles. The summed E-state index contributed by atoms with van der Waals surface area (Å²) in [5.41, 5.74) is 1.03. The Labute approximate surface area is 135 Å². The third-order valence-electron chi connectivity index (χ3n) is 3.39. The molecule has 1 aromatic carbocycles. The highest BCUT2D eigenvalue weighted by Gasteiger charge is 2.11. The van der Waals surface area contributed by atoms with E-state index in [2.05, 4.69) is 5.32 Å². The molecule has 2 rings (SSSR count). The van der Waals surface area contributed by atoms with Crippen LogP contribution >= 0.6 is 0 Å². The number of aliphatic hydroxyl groups is 1. The summed E-state index contributed by atoms with van der Waals surface area (Å²) < 4.78 is 16.1. The van der Waals surface area contributed by atoms with Crippen molar-refractivity contribution in [1.29, 1.82) is 5.26 Å². The van der Waals surface area contributed by atoms with E-state index in [1.807, 2.05) is 31.2 Å². The third kappa shape index (κ3) is 4.49. The average molecular weight is 316 g/mol. The van der Waals surface area contributed by atoms with Gasteiger partial charge in [-0.3, -0.25) is 0 Å². The van der Waals surface area contributed by atoms with Crippen molar-refractivity contribution in [2.75, 3.05) is 20.3 Å². The molecule has 0 saturated heterocycles. The Balaban J connectivity index is 2.01. The lowest BCUT2D eigenvalue weighted by Gasteiger charge is -2.16. The highest BCUT2D eigenvalue weighted by molar-refractivity contribution is 5.43. The van der Waals surface area contributed by atoms with Crippen LogP contribution in [0, 0.1) is 11.3 Å². The Hall–Kier alpha value is -2.49. The highest BCUT2D eigenvalue weighted by Crippen LogP contribution is 2.30. The summed E-state index contributed by atoms with van der Waals surface area (Å²) in [6, 6.07) is 11.1. The van der Waals surface area contributed by atoms with E-state index in [0.29, 0.717) is 29.6 Å². The summed E-state index contributed by atoms with van der Waals surface area (Å²) in [5, 5.41) is 20.9. The van der Waals surface area contributed by atoms with Crippen LogP contribution in [-0.4, -0.2) is 25.4 Å². The van der Waals surface area contributed by atoms with Gasteiger partial charge in [0.05, 0.1) is 20.3 Å². The van der Waals surface area contributed by atoms with Crippen LogP contribution in [0.2, 0.25) is 0 Å². The van der Waals surface area contributed by atoms with Crippen LogP contribution in [-0.2, 0) is 6.54 Å². The van der Waals surface area contributed by atoms with Gasteiger partial charge in [0.1, 0.15) is 18.4 Å². The fraction of sp³-hybridized carbons (Fsp3) is 0.353. The molecule has 1 aromatic heterocycles. The van der Waals surface area contributed by atoms with Crippen LogP contribution in [0.3, 0.4) is 0 Å². The number of methoxy groups -OCH3 is 1. The lowest BCUT2D eigenvalue weighted by molar-refractivity contribution is 0.196. The molecule has 6 nitrogen and oxygen atoms in total. The molecule has 122 valence electrons. The molecule has 6 heteroatoms. The quantitative estimate of drug-likeness (QED) is 0.777. The van der Waals surface area contributed by atoms with Gasteiger partial charge in [-0.2, -0.15) is 5.26 Å². The number of benzene rings is 1. The van der Waals surface area contributed by atoms with E-state index >= 15 is 0 Å². The van der Waals surface area contributed by atoms with Crippen LogP contribution in [0.15, 0.2) is 34.7 Å². The number of nitrogens with zero attached hydrogens (tertiary/aromatic N) is 1. The molecule has 0 aliphatic carbocycles. The van der Waals surface area contributed by atoms with Gasteiger partial charge in [0.15, 0.2) is 11.5 Å². The third-order valence-corrected chi connectivity index (χ3v) is 3.39. The molecule has 1 atom stereocenters. The second kappa shape index (κ2) is 8.22. The first-order valence-corrected chi connectivity index (χ1v) is 7.31. The monoisotopic (exact) mass is 316 g/mol. The van der Waals surface area contributed by atoms with Gasteiger partial charge in [-0.15, -0.1) is 0 Å². The standard InChI is InChI=1S/C17H20N2O4/c1-12(19-11-15-5-4-14(10-18)23-15)13-3-6-16(22-8-7-20)17(9-13)21-2/h3-6,9,12,19-20H,7-8,11H2,1-2H3. The summed E-state index contributed by atoms with van der Waals surface area (Å²) in [6.07, 6.45) is 0. The van der Waals surface area contributed by atoms with Gasteiger partial charge in [0.2, 0.25) is 5.76 Å². The average Bonchev–Trinajstić information content (AvgIpc) is 3.05. The molecular formula is C17H20N2O4. The van der Waals surface area contributed by atoms with Gasteiger partial charge in [0, 0.05) is 6.04 Å². The van der Waals surface area contributed by atoms with E-state index in [1.54, 1.807) is 19.2 Å². The molecule has 2 N–H and O–H groups in total. The first-order chi connectivity index (χ1) is 11.2. The molecular weight excluding hydrogens is 296 g/mol. The van der Waals surface area contributed by atoms with Crippen LogP contribution < -0.4 is 14.8 Å². The molecule has 2 aromatic rings. The minimum absolute atomic E-state index is 0.0449. The van der Waals surface area contributed by atoms with Crippen LogP contribution in [0.5, 0.6) is 11.5 Å². The van der Waals surface area contributed by atoms with Crippen LogP contribution in [0.25, 0.3) is 0 Å². The number of furan rings is 1. The summed E-state index contributed by atoms with van der Waals surface area (Å²) in [7, 11) is 1.58. The van der Waals surface area contributed by atoms with Crippen LogP contribution in [0.1, 0.15) is 30.0 Å². The molecule has 0 fully saturated rings. The SMILES string of the molecule is COc1cc(C(C)NCc2ccc(C#N)o2)ccc1OCCO. The largest absolute Gasteiger partial charge is 0.493 e. The van der Waals surface area contributed by atoms with Crippen molar-refractivity contribution in [1.82, 2.24) is 5.32 Å². The Morgan fingerprint density at radius 1 is 1.30 bits per heavy atom. The van der Waals surface area contributed by atoms with E-state index in [-0.39, 0.29) is 19.3 Å². The topological polar surface area (TPSA) is 87.7 Å². The van der Waals surface area contributed by atoms with Gasteiger partial charge in [-0.05, 0) is 36.8 Å². The minimum atomic E-state index is -0.0449. The second-order valence-electron chi connectivity index (χ2n) is 4.96. The fourth-order valence-electron chi connectivity index (χ4n) is 2.13. The second-order valence-corrected chi connectivity index (χ2v) is 4.96. The van der Waals surface area contributed by atoms with Gasteiger partial charge >= 0.3 is 0 Å². The van der Waals surface area contributed by atoms with Crippen molar-refractivity contribution in [3.8, 4) is 17.6 Å². The highest BCUT2D eigenvalue weighted by atomic mass is 16.5.